The van der Waals surface area contributed by atoms with Crippen LogP contribution in [0.25, 0.3) is 22.2 Å². The number of anilines is 1. The first kappa shape index (κ1) is 20.4. The molecule has 4 rings (SSSR count). The number of para-hydroxylation sites is 1. The number of nitrogens with one attached hydrogen (secondary N) is 1. The van der Waals surface area contributed by atoms with Crippen LogP contribution in [0.5, 0.6) is 0 Å². The SMILES string of the molecule is Cc1cccc2c(=O)n(CCCC(=O)Nc3nc(-c4ccc(Br)cc4)cs3)cnc12. The maximum Gasteiger partial charge on any atom is 0.261 e. The normalized spacial score (nSPS) is 11.0. The molecule has 0 aliphatic heterocycles. The first-order valence-electron chi connectivity index (χ1n) is 9.47. The van der Waals surface area contributed by atoms with E-state index < -0.39 is 0 Å². The number of rotatable bonds is 6. The standard InChI is InChI=1S/C22H19BrN4O2S/c1-14-4-2-5-17-20(14)24-13-27(21(17)29)11-3-6-19(28)26-22-25-18(12-30-22)15-7-9-16(23)10-8-15/h2,4-5,7-10,12-13H,3,6,11H2,1H3,(H,25,26,28). The van der Waals surface area contributed by atoms with Gasteiger partial charge >= 0.3 is 0 Å². The molecule has 152 valence electrons. The van der Waals surface area contributed by atoms with Crippen LogP contribution in [-0.4, -0.2) is 20.4 Å². The molecule has 30 heavy (non-hydrogen) atoms. The van der Waals surface area contributed by atoms with Gasteiger partial charge in [-0.15, -0.1) is 11.3 Å². The lowest BCUT2D eigenvalue weighted by molar-refractivity contribution is -0.116. The lowest BCUT2D eigenvalue weighted by Gasteiger charge is -2.07. The Hall–Kier alpha value is -2.84. The summed E-state index contributed by atoms with van der Waals surface area (Å²) in [4.78, 5) is 33.8. The van der Waals surface area contributed by atoms with Crippen molar-refractivity contribution >= 4 is 49.2 Å². The third-order valence-electron chi connectivity index (χ3n) is 4.75. The second-order valence-electron chi connectivity index (χ2n) is 6.91. The number of nitrogens with zero attached hydrogens (tertiary/aromatic N) is 3. The molecule has 0 spiro atoms. The number of benzene rings is 2. The van der Waals surface area contributed by atoms with Crippen LogP contribution in [0, 0.1) is 6.92 Å². The van der Waals surface area contributed by atoms with Gasteiger partial charge in [0.05, 0.1) is 22.9 Å². The average Bonchev–Trinajstić information content (AvgIpc) is 3.19. The molecular formula is C22H19BrN4O2S. The molecule has 0 aliphatic carbocycles. The summed E-state index contributed by atoms with van der Waals surface area (Å²) in [6.07, 6.45) is 2.39. The van der Waals surface area contributed by atoms with Crippen molar-refractivity contribution in [1.29, 1.82) is 0 Å². The number of amides is 1. The van der Waals surface area contributed by atoms with Gasteiger partial charge in [-0.2, -0.15) is 0 Å². The van der Waals surface area contributed by atoms with E-state index in [1.165, 1.54) is 11.3 Å². The first-order valence-corrected chi connectivity index (χ1v) is 11.1. The van der Waals surface area contributed by atoms with Crippen LogP contribution in [0.4, 0.5) is 5.13 Å². The third kappa shape index (κ3) is 4.49. The average molecular weight is 483 g/mol. The minimum atomic E-state index is -0.121. The summed E-state index contributed by atoms with van der Waals surface area (Å²) in [5.74, 6) is -0.121. The Balaban J connectivity index is 1.35. The maximum absolute atomic E-state index is 12.6. The molecule has 8 heteroatoms. The number of aryl methyl sites for hydroxylation is 2. The van der Waals surface area contributed by atoms with Crippen molar-refractivity contribution in [1.82, 2.24) is 14.5 Å². The van der Waals surface area contributed by atoms with E-state index in [-0.39, 0.29) is 11.5 Å². The van der Waals surface area contributed by atoms with Gasteiger partial charge in [0.2, 0.25) is 5.91 Å². The molecule has 2 aromatic heterocycles. The van der Waals surface area contributed by atoms with Crippen molar-refractivity contribution in [2.75, 3.05) is 5.32 Å². The molecule has 1 amide bonds. The second-order valence-corrected chi connectivity index (χ2v) is 8.68. The van der Waals surface area contributed by atoms with Gasteiger partial charge in [-0.25, -0.2) is 9.97 Å². The molecule has 0 radical (unpaired) electrons. The number of hydrogen-bond acceptors (Lipinski definition) is 5. The fraction of sp³-hybridized carbons (Fsp3) is 0.182. The summed E-state index contributed by atoms with van der Waals surface area (Å²) in [6.45, 7) is 2.37. The van der Waals surface area contributed by atoms with E-state index in [0.29, 0.717) is 29.9 Å². The lowest BCUT2D eigenvalue weighted by atomic mass is 10.1. The van der Waals surface area contributed by atoms with Gasteiger partial charge in [0.15, 0.2) is 5.13 Å². The highest BCUT2D eigenvalue weighted by molar-refractivity contribution is 9.10. The fourth-order valence-corrected chi connectivity index (χ4v) is 4.17. The van der Waals surface area contributed by atoms with Crippen LogP contribution in [0.3, 0.4) is 0 Å². The molecule has 2 heterocycles. The molecule has 4 aromatic rings. The molecule has 0 bridgehead atoms. The van der Waals surface area contributed by atoms with E-state index in [1.54, 1.807) is 17.0 Å². The first-order chi connectivity index (χ1) is 14.5. The monoisotopic (exact) mass is 482 g/mol. The van der Waals surface area contributed by atoms with Crippen molar-refractivity contribution in [2.24, 2.45) is 0 Å². The summed E-state index contributed by atoms with van der Waals surface area (Å²) >= 11 is 4.81. The number of carbonyl (C=O) groups excluding carboxylic acids is 1. The summed E-state index contributed by atoms with van der Waals surface area (Å²) in [5, 5.41) is 5.93. The van der Waals surface area contributed by atoms with E-state index in [0.717, 1.165) is 26.8 Å². The third-order valence-corrected chi connectivity index (χ3v) is 6.04. The zero-order chi connectivity index (χ0) is 21.1. The van der Waals surface area contributed by atoms with E-state index in [4.69, 9.17) is 0 Å². The Kier molecular flexibility index (Phi) is 6.06. The molecule has 0 unspecified atom stereocenters. The Labute approximate surface area is 185 Å². The predicted octanol–water partition coefficient (Wildman–Crippen LogP) is 5.01. The van der Waals surface area contributed by atoms with Gasteiger partial charge < -0.3 is 5.32 Å². The molecule has 2 aromatic carbocycles. The molecule has 1 N–H and O–H groups in total. The highest BCUT2D eigenvalue weighted by Gasteiger charge is 2.10. The van der Waals surface area contributed by atoms with Crippen LogP contribution in [0.2, 0.25) is 0 Å². The predicted molar refractivity (Wildman–Crippen MR) is 124 cm³/mol. The molecule has 6 nitrogen and oxygen atoms in total. The van der Waals surface area contributed by atoms with Crippen molar-refractivity contribution in [2.45, 2.75) is 26.3 Å². The number of halogens is 1. The van der Waals surface area contributed by atoms with Crippen LogP contribution >= 0.6 is 27.3 Å². The smallest absolute Gasteiger partial charge is 0.261 e. The summed E-state index contributed by atoms with van der Waals surface area (Å²) in [6, 6.07) is 13.4. The second kappa shape index (κ2) is 8.89. The van der Waals surface area contributed by atoms with Crippen LogP contribution in [0.15, 0.2) is 63.4 Å². The van der Waals surface area contributed by atoms with Gasteiger partial charge in [0.25, 0.3) is 5.56 Å². The lowest BCUT2D eigenvalue weighted by Crippen LogP contribution is -2.22. The zero-order valence-corrected chi connectivity index (χ0v) is 18.7. The molecule has 0 saturated carbocycles. The van der Waals surface area contributed by atoms with Crippen LogP contribution in [0.1, 0.15) is 18.4 Å². The highest BCUT2D eigenvalue weighted by Crippen LogP contribution is 2.26. The summed E-state index contributed by atoms with van der Waals surface area (Å²) < 4.78 is 2.57. The van der Waals surface area contributed by atoms with E-state index >= 15 is 0 Å². The molecule has 0 fully saturated rings. The summed E-state index contributed by atoms with van der Waals surface area (Å²) in [7, 11) is 0. The Morgan fingerprint density at radius 3 is 2.80 bits per heavy atom. The van der Waals surface area contributed by atoms with Crippen molar-refractivity contribution in [3.05, 3.63) is 74.6 Å². The Morgan fingerprint density at radius 1 is 1.20 bits per heavy atom. The van der Waals surface area contributed by atoms with Gasteiger partial charge in [-0.05, 0) is 37.1 Å². The van der Waals surface area contributed by atoms with E-state index in [2.05, 4.69) is 31.2 Å². The molecule has 0 aliphatic rings. The molecule has 0 atom stereocenters. The van der Waals surface area contributed by atoms with E-state index in [9.17, 15) is 9.59 Å². The Bertz CT molecular complexity index is 1260. The van der Waals surface area contributed by atoms with Crippen molar-refractivity contribution in [3.8, 4) is 11.3 Å². The number of thiazole rings is 1. The quantitative estimate of drug-likeness (QED) is 0.418. The minimum Gasteiger partial charge on any atom is -0.302 e. The topological polar surface area (TPSA) is 76.9 Å². The zero-order valence-electron chi connectivity index (χ0n) is 16.3. The van der Waals surface area contributed by atoms with Gasteiger partial charge in [-0.1, -0.05) is 40.2 Å². The minimum absolute atomic E-state index is 0.0804. The number of fused-ring (bicyclic) bond motifs is 1. The molecular weight excluding hydrogens is 464 g/mol. The van der Waals surface area contributed by atoms with Crippen LogP contribution < -0.4 is 10.9 Å². The van der Waals surface area contributed by atoms with Crippen molar-refractivity contribution < 1.29 is 4.79 Å². The maximum atomic E-state index is 12.6. The Morgan fingerprint density at radius 2 is 2.00 bits per heavy atom. The van der Waals surface area contributed by atoms with Crippen LogP contribution in [-0.2, 0) is 11.3 Å². The highest BCUT2D eigenvalue weighted by atomic mass is 79.9. The fourth-order valence-electron chi connectivity index (χ4n) is 3.17. The van der Waals surface area contributed by atoms with Crippen molar-refractivity contribution in [3.63, 3.8) is 0 Å². The largest absolute Gasteiger partial charge is 0.302 e. The molecule has 0 saturated heterocycles. The number of aromatic nitrogens is 3. The number of carbonyl (C=O) groups is 1. The van der Waals surface area contributed by atoms with E-state index in [1.807, 2.05) is 48.7 Å². The van der Waals surface area contributed by atoms with Gasteiger partial charge in [-0.3, -0.25) is 14.2 Å². The van der Waals surface area contributed by atoms with Gasteiger partial charge in [0.1, 0.15) is 0 Å². The van der Waals surface area contributed by atoms with Gasteiger partial charge in [0, 0.05) is 28.4 Å². The summed E-state index contributed by atoms with van der Waals surface area (Å²) in [5.41, 5.74) is 3.44. The number of hydrogen-bond donors (Lipinski definition) is 1.